The Morgan fingerprint density at radius 3 is 2.50 bits per heavy atom. The average Bonchev–Trinajstić information content (AvgIpc) is 2.28. The molecule has 16 heavy (non-hydrogen) atoms. The van der Waals surface area contributed by atoms with E-state index in [0.29, 0.717) is 18.9 Å². The molecule has 96 valence electrons. The highest BCUT2D eigenvalue weighted by Crippen LogP contribution is 2.28. The molecule has 4 nitrogen and oxygen atoms in total. The molecule has 5 heteroatoms. The Hall–Kier alpha value is -0.130. The molecule has 0 aromatic heterocycles. The summed E-state index contributed by atoms with van der Waals surface area (Å²) in [5, 5.41) is 0. The zero-order valence-corrected chi connectivity index (χ0v) is 11.2. The van der Waals surface area contributed by atoms with E-state index < -0.39 is 10.0 Å². The van der Waals surface area contributed by atoms with Crippen LogP contribution in [0.2, 0.25) is 0 Å². The van der Waals surface area contributed by atoms with Crippen LogP contribution in [0.5, 0.6) is 0 Å². The van der Waals surface area contributed by atoms with E-state index in [1.807, 2.05) is 6.92 Å². The fraction of sp³-hybridized carbons (Fsp3) is 1.00. The van der Waals surface area contributed by atoms with Crippen LogP contribution in [0.1, 0.15) is 39.0 Å². The van der Waals surface area contributed by atoms with Crippen molar-refractivity contribution < 1.29 is 8.42 Å². The third kappa shape index (κ3) is 3.18. The largest absolute Gasteiger partial charge is 0.330 e. The first-order chi connectivity index (χ1) is 7.53. The van der Waals surface area contributed by atoms with E-state index in [2.05, 4.69) is 0 Å². The van der Waals surface area contributed by atoms with E-state index in [1.165, 1.54) is 6.42 Å². The van der Waals surface area contributed by atoms with Gasteiger partial charge in [-0.1, -0.05) is 19.8 Å². The molecule has 0 aromatic rings. The predicted molar refractivity (Wildman–Crippen MR) is 66.6 cm³/mol. The van der Waals surface area contributed by atoms with Gasteiger partial charge < -0.3 is 5.73 Å². The van der Waals surface area contributed by atoms with Crippen LogP contribution in [0.15, 0.2) is 0 Å². The second kappa shape index (κ2) is 5.98. The summed E-state index contributed by atoms with van der Waals surface area (Å²) in [4.78, 5) is 0. The van der Waals surface area contributed by atoms with Gasteiger partial charge in [0.15, 0.2) is 0 Å². The monoisotopic (exact) mass is 248 g/mol. The minimum atomic E-state index is -3.08. The van der Waals surface area contributed by atoms with Crippen LogP contribution in [0.3, 0.4) is 0 Å². The lowest BCUT2D eigenvalue weighted by atomic mass is 9.85. The van der Waals surface area contributed by atoms with Crippen molar-refractivity contribution in [3.8, 4) is 0 Å². The van der Waals surface area contributed by atoms with E-state index in [4.69, 9.17) is 5.73 Å². The quantitative estimate of drug-likeness (QED) is 0.794. The van der Waals surface area contributed by atoms with E-state index in [-0.39, 0.29) is 11.8 Å². The minimum Gasteiger partial charge on any atom is -0.330 e. The maximum Gasteiger partial charge on any atom is 0.214 e. The molecule has 1 aliphatic carbocycles. The van der Waals surface area contributed by atoms with Gasteiger partial charge in [0.25, 0.3) is 0 Å². The van der Waals surface area contributed by atoms with Crippen molar-refractivity contribution in [1.82, 2.24) is 4.31 Å². The first kappa shape index (κ1) is 13.9. The summed E-state index contributed by atoms with van der Waals surface area (Å²) >= 11 is 0. The summed E-state index contributed by atoms with van der Waals surface area (Å²) in [6.07, 6.45) is 4.99. The Morgan fingerprint density at radius 1 is 1.31 bits per heavy atom. The number of rotatable bonds is 5. The average molecular weight is 248 g/mol. The molecule has 2 N–H and O–H groups in total. The van der Waals surface area contributed by atoms with Crippen LogP contribution >= 0.6 is 0 Å². The predicted octanol–water partition coefficient (Wildman–Crippen LogP) is 1.18. The molecule has 2 atom stereocenters. The van der Waals surface area contributed by atoms with Crippen LogP contribution < -0.4 is 5.73 Å². The Labute approximate surface area is 99.2 Å². The normalized spacial score (nSPS) is 27.2. The van der Waals surface area contributed by atoms with Crippen LogP contribution in [-0.2, 0) is 10.0 Å². The molecule has 0 aromatic carbocycles. The number of nitrogens with two attached hydrogens (primary N) is 1. The summed E-state index contributed by atoms with van der Waals surface area (Å²) in [6.45, 7) is 2.49. The molecule has 1 aliphatic rings. The molecule has 1 rings (SSSR count). The lowest BCUT2D eigenvalue weighted by Crippen LogP contribution is -2.46. The van der Waals surface area contributed by atoms with Gasteiger partial charge in [-0.15, -0.1) is 0 Å². The Morgan fingerprint density at radius 2 is 1.94 bits per heavy atom. The zero-order valence-electron chi connectivity index (χ0n) is 10.4. The number of hydrogen-bond donors (Lipinski definition) is 1. The number of nitrogens with zero attached hydrogens (tertiary/aromatic N) is 1. The summed E-state index contributed by atoms with van der Waals surface area (Å²) in [7, 11) is -1.36. The molecule has 0 heterocycles. The second-order valence-electron chi connectivity index (χ2n) is 4.68. The summed E-state index contributed by atoms with van der Waals surface area (Å²) < 4.78 is 25.5. The molecule has 0 bridgehead atoms. The SMILES string of the molecule is CCCS(=O)(=O)N(C)C1CCCCC1CN. The first-order valence-electron chi connectivity index (χ1n) is 6.18. The minimum absolute atomic E-state index is 0.121. The molecule has 2 unspecified atom stereocenters. The standard InChI is InChI=1S/C11H24N2O2S/c1-3-8-16(14,15)13(2)11-7-5-4-6-10(11)9-12/h10-11H,3-9,12H2,1-2H3. The zero-order chi connectivity index (χ0) is 12.2. The van der Waals surface area contributed by atoms with Crippen molar-refractivity contribution in [3.05, 3.63) is 0 Å². The molecular weight excluding hydrogens is 224 g/mol. The number of hydrogen-bond acceptors (Lipinski definition) is 3. The Balaban J connectivity index is 2.74. The topological polar surface area (TPSA) is 63.4 Å². The Kier molecular flexibility index (Phi) is 5.21. The molecule has 1 saturated carbocycles. The lowest BCUT2D eigenvalue weighted by molar-refractivity contribution is 0.204. The third-order valence-corrected chi connectivity index (χ3v) is 5.61. The van der Waals surface area contributed by atoms with Crippen LogP contribution in [0.4, 0.5) is 0 Å². The van der Waals surface area contributed by atoms with E-state index in [9.17, 15) is 8.42 Å². The molecule has 0 aliphatic heterocycles. The highest BCUT2D eigenvalue weighted by Gasteiger charge is 2.32. The van der Waals surface area contributed by atoms with Gasteiger partial charge in [0.1, 0.15) is 0 Å². The van der Waals surface area contributed by atoms with Crippen molar-refractivity contribution in [3.63, 3.8) is 0 Å². The molecular formula is C11H24N2O2S. The van der Waals surface area contributed by atoms with Gasteiger partial charge in [-0.05, 0) is 31.7 Å². The van der Waals surface area contributed by atoms with Gasteiger partial charge in [-0.2, -0.15) is 0 Å². The van der Waals surface area contributed by atoms with Gasteiger partial charge in [0, 0.05) is 13.1 Å². The van der Waals surface area contributed by atoms with Crippen molar-refractivity contribution in [2.75, 3.05) is 19.3 Å². The van der Waals surface area contributed by atoms with E-state index in [0.717, 1.165) is 19.3 Å². The van der Waals surface area contributed by atoms with Crippen molar-refractivity contribution >= 4 is 10.0 Å². The van der Waals surface area contributed by atoms with Gasteiger partial charge in [0.2, 0.25) is 10.0 Å². The smallest absolute Gasteiger partial charge is 0.214 e. The van der Waals surface area contributed by atoms with Crippen molar-refractivity contribution in [2.24, 2.45) is 11.7 Å². The second-order valence-corrected chi connectivity index (χ2v) is 6.83. The van der Waals surface area contributed by atoms with Gasteiger partial charge in [-0.25, -0.2) is 12.7 Å². The Bertz CT molecular complexity index is 303. The van der Waals surface area contributed by atoms with Gasteiger partial charge >= 0.3 is 0 Å². The molecule has 0 amide bonds. The summed E-state index contributed by atoms with van der Waals surface area (Å²) in [5.74, 6) is 0.586. The van der Waals surface area contributed by atoms with Crippen LogP contribution in [-0.4, -0.2) is 38.1 Å². The molecule has 0 spiro atoms. The van der Waals surface area contributed by atoms with Crippen LogP contribution in [0, 0.1) is 5.92 Å². The van der Waals surface area contributed by atoms with E-state index >= 15 is 0 Å². The molecule has 1 fully saturated rings. The highest BCUT2D eigenvalue weighted by atomic mass is 32.2. The molecule has 0 radical (unpaired) electrons. The first-order valence-corrected chi connectivity index (χ1v) is 7.79. The fourth-order valence-electron chi connectivity index (χ4n) is 2.55. The van der Waals surface area contributed by atoms with Crippen molar-refractivity contribution in [1.29, 1.82) is 0 Å². The van der Waals surface area contributed by atoms with Crippen LogP contribution in [0.25, 0.3) is 0 Å². The van der Waals surface area contributed by atoms with Crippen molar-refractivity contribution in [2.45, 2.75) is 45.1 Å². The molecule has 0 saturated heterocycles. The van der Waals surface area contributed by atoms with Gasteiger partial charge in [-0.3, -0.25) is 0 Å². The number of sulfonamides is 1. The maximum absolute atomic E-state index is 12.0. The maximum atomic E-state index is 12.0. The third-order valence-electron chi connectivity index (χ3n) is 3.54. The van der Waals surface area contributed by atoms with E-state index in [1.54, 1.807) is 11.4 Å². The lowest BCUT2D eigenvalue weighted by Gasteiger charge is -2.36. The summed E-state index contributed by atoms with van der Waals surface area (Å²) in [6, 6.07) is 0.121. The highest BCUT2D eigenvalue weighted by molar-refractivity contribution is 7.89. The summed E-state index contributed by atoms with van der Waals surface area (Å²) in [5.41, 5.74) is 5.73. The fourth-order valence-corrected chi connectivity index (χ4v) is 4.04. The van der Waals surface area contributed by atoms with Gasteiger partial charge in [0.05, 0.1) is 5.75 Å².